The van der Waals surface area contributed by atoms with E-state index >= 15 is 0 Å². The number of ether oxygens (including phenoxy) is 4. The van der Waals surface area contributed by atoms with Gasteiger partial charge in [0.15, 0.2) is 5.60 Å². The predicted octanol–water partition coefficient (Wildman–Crippen LogP) is 1.39. The summed E-state index contributed by atoms with van der Waals surface area (Å²) in [5.74, 6) is -2.46. The molecule has 2 bridgehead atoms. The van der Waals surface area contributed by atoms with Gasteiger partial charge in [-0.05, 0) is 46.3 Å². The Kier molecular flexibility index (Phi) is 2.99. The van der Waals surface area contributed by atoms with Crippen molar-refractivity contribution >= 4 is 11.8 Å². The van der Waals surface area contributed by atoms with Crippen molar-refractivity contribution in [2.45, 2.75) is 76.3 Å². The van der Waals surface area contributed by atoms with Crippen molar-refractivity contribution in [2.75, 3.05) is 0 Å². The summed E-state index contributed by atoms with van der Waals surface area (Å²) in [5, 5.41) is 11.6. The Hall–Kier alpha value is -1.70. The molecular formula is C20H24O7. The van der Waals surface area contributed by atoms with Gasteiger partial charge < -0.3 is 24.1 Å². The molecule has 146 valence electrons. The Morgan fingerprint density at radius 1 is 1.19 bits per heavy atom. The van der Waals surface area contributed by atoms with Crippen LogP contribution in [-0.2, 0) is 28.5 Å². The van der Waals surface area contributed by atoms with Crippen LogP contribution in [0.25, 0.3) is 0 Å². The molecule has 0 saturated carbocycles. The van der Waals surface area contributed by atoms with Crippen molar-refractivity contribution in [1.29, 1.82) is 0 Å². The van der Waals surface area contributed by atoms with E-state index in [0.717, 1.165) is 5.57 Å². The second-order valence-electron chi connectivity index (χ2n) is 9.03. The number of carbonyl (C=O) groups is 2. The summed E-state index contributed by atoms with van der Waals surface area (Å²) < 4.78 is 23.5. The molecule has 5 aliphatic rings. The highest BCUT2D eigenvalue weighted by molar-refractivity contribution is 6.00. The van der Waals surface area contributed by atoms with E-state index in [1.54, 1.807) is 26.8 Å². The van der Waals surface area contributed by atoms with Crippen LogP contribution in [-0.4, -0.2) is 52.2 Å². The van der Waals surface area contributed by atoms with Gasteiger partial charge in [-0.1, -0.05) is 0 Å². The number of hydrogen-bond acceptors (Lipinski definition) is 7. The number of esters is 1. The highest BCUT2D eigenvalue weighted by Crippen LogP contribution is 2.66. The zero-order valence-electron chi connectivity index (χ0n) is 16.1. The van der Waals surface area contributed by atoms with E-state index in [1.807, 2.05) is 13.8 Å². The van der Waals surface area contributed by atoms with Crippen LogP contribution in [0, 0.1) is 11.3 Å². The fourth-order valence-electron chi connectivity index (χ4n) is 5.42. The third kappa shape index (κ3) is 1.78. The first kappa shape index (κ1) is 17.4. The molecule has 1 N–H and O–H groups in total. The first-order valence-electron chi connectivity index (χ1n) is 9.39. The summed E-state index contributed by atoms with van der Waals surface area (Å²) in [6, 6.07) is 0. The molecule has 0 unspecified atom stereocenters. The topological polar surface area (TPSA) is 94.6 Å². The standard InChI is InChI=1S/C20H24O7/c1-9-6-12-15-13(8-17(3)14(21)7-11(9)26-17)27-20(23,19(5)10(2)25-19)18(15,4)16(22)24-12/h6-7,10,12-13,15,23H,8H2,1-5H3/b9-6-/t10-,12-,13+,15+,17-,18-,19+,20+/m1/s1. The van der Waals surface area contributed by atoms with E-state index in [1.165, 1.54) is 6.08 Å². The fourth-order valence-corrected chi connectivity index (χ4v) is 5.42. The van der Waals surface area contributed by atoms with Crippen LogP contribution in [0.2, 0.25) is 0 Å². The zero-order valence-corrected chi connectivity index (χ0v) is 16.1. The number of ketones is 1. The Balaban J connectivity index is 1.68. The SMILES string of the molecule is C/C1=C/[C@H]2OC(=O)[C@@]3(C)[C@@H]2[C@H](C[C@@]2(C)OC1=CC2=O)O[C@]3(O)[C@@]1(C)O[C@@H]1C. The molecule has 0 aromatic carbocycles. The molecule has 0 spiro atoms. The third-order valence-electron chi connectivity index (χ3n) is 7.44. The molecule has 5 rings (SSSR count). The molecule has 5 heterocycles. The lowest BCUT2D eigenvalue weighted by Gasteiger charge is -2.37. The molecule has 0 amide bonds. The first-order chi connectivity index (χ1) is 12.5. The van der Waals surface area contributed by atoms with Crippen molar-refractivity contribution in [3.63, 3.8) is 0 Å². The van der Waals surface area contributed by atoms with Crippen molar-refractivity contribution in [3.8, 4) is 0 Å². The summed E-state index contributed by atoms with van der Waals surface area (Å²) in [7, 11) is 0. The molecular weight excluding hydrogens is 352 g/mol. The van der Waals surface area contributed by atoms with Gasteiger partial charge in [0, 0.05) is 18.4 Å². The second kappa shape index (κ2) is 4.64. The maximum Gasteiger partial charge on any atom is 0.318 e. The van der Waals surface area contributed by atoms with E-state index in [9.17, 15) is 14.7 Å². The van der Waals surface area contributed by atoms with Gasteiger partial charge in [-0.3, -0.25) is 9.59 Å². The minimum atomic E-state index is -1.85. The van der Waals surface area contributed by atoms with Gasteiger partial charge in [-0.25, -0.2) is 0 Å². The number of aliphatic hydroxyl groups is 1. The molecule has 8 atom stereocenters. The minimum absolute atomic E-state index is 0.142. The van der Waals surface area contributed by atoms with E-state index in [0.29, 0.717) is 5.76 Å². The summed E-state index contributed by atoms with van der Waals surface area (Å²) in [4.78, 5) is 25.6. The van der Waals surface area contributed by atoms with Crippen LogP contribution >= 0.6 is 0 Å². The van der Waals surface area contributed by atoms with E-state index < -0.39 is 46.5 Å². The zero-order chi connectivity index (χ0) is 19.6. The molecule has 0 aliphatic carbocycles. The van der Waals surface area contributed by atoms with Gasteiger partial charge in [0.05, 0.1) is 12.2 Å². The van der Waals surface area contributed by atoms with Gasteiger partial charge in [0.25, 0.3) is 0 Å². The Morgan fingerprint density at radius 2 is 1.85 bits per heavy atom. The lowest BCUT2D eigenvalue weighted by molar-refractivity contribution is -0.271. The number of fused-ring (bicyclic) bond motifs is 2. The van der Waals surface area contributed by atoms with Crippen LogP contribution in [0.4, 0.5) is 0 Å². The monoisotopic (exact) mass is 376 g/mol. The fraction of sp³-hybridized carbons (Fsp3) is 0.700. The van der Waals surface area contributed by atoms with Crippen molar-refractivity contribution < 1.29 is 33.6 Å². The average Bonchev–Trinajstić information content (AvgIpc) is 2.82. The minimum Gasteiger partial charge on any atom is -0.479 e. The molecule has 0 aromatic rings. The number of hydrogen-bond donors (Lipinski definition) is 1. The van der Waals surface area contributed by atoms with Gasteiger partial charge in [0.2, 0.25) is 11.6 Å². The van der Waals surface area contributed by atoms with Crippen LogP contribution in [0.3, 0.4) is 0 Å². The van der Waals surface area contributed by atoms with Gasteiger partial charge >= 0.3 is 5.97 Å². The maximum atomic E-state index is 13.0. The molecule has 3 fully saturated rings. The van der Waals surface area contributed by atoms with E-state index in [-0.39, 0.29) is 18.3 Å². The summed E-state index contributed by atoms with van der Waals surface area (Å²) in [6.45, 7) is 8.81. The Bertz CT molecular complexity index is 845. The van der Waals surface area contributed by atoms with Gasteiger partial charge in [-0.15, -0.1) is 0 Å². The lowest BCUT2D eigenvalue weighted by atomic mass is 9.65. The van der Waals surface area contributed by atoms with Crippen LogP contribution in [0.15, 0.2) is 23.5 Å². The second-order valence-corrected chi connectivity index (χ2v) is 9.03. The van der Waals surface area contributed by atoms with Crippen LogP contribution < -0.4 is 0 Å². The number of rotatable bonds is 1. The summed E-state index contributed by atoms with van der Waals surface area (Å²) in [5.41, 5.74) is -2.70. The average molecular weight is 376 g/mol. The van der Waals surface area contributed by atoms with E-state index in [2.05, 4.69) is 0 Å². The predicted molar refractivity (Wildman–Crippen MR) is 91.2 cm³/mol. The molecule has 5 aliphatic heterocycles. The molecule has 0 aromatic heterocycles. The quantitative estimate of drug-likeness (QED) is 0.546. The highest BCUT2D eigenvalue weighted by Gasteiger charge is 2.83. The Labute approximate surface area is 157 Å². The van der Waals surface area contributed by atoms with Gasteiger partial charge in [-0.2, -0.15) is 0 Å². The van der Waals surface area contributed by atoms with Crippen LogP contribution in [0.1, 0.15) is 41.0 Å². The molecule has 3 saturated heterocycles. The number of allylic oxidation sites excluding steroid dienone is 1. The van der Waals surface area contributed by atoms with Crippen molar-refractivity contribution in [2.24, 2.45) is 11.3 Å². The largest absolute Gasteiger partial charge is 0.479 e. The summed E-state index contributed by atoms with van der Waals surface area (Å²) >= 11 is 0. The molecule has 7 nitrogen and oxygen atoms in total. The third-order valence-corrected chi connectivity index (χ3v) is 7.44. The normalized spacial score (nSPS) is 57.6. The highest BCUT2D eigenvalue weighted by atomic mass is 16.7. The number of carbonyl (C=O) groups excluding carboxylic acids is 2. The van der Waals surface area contributed by atoms with Crippen molar-refractivity contribution in [1.82, 2.24) is 0 Å². The smallest absolute Gasteiger partial charge is 0.318 e. The molecule has 7 heteroatoms. The summed E-state index contributed by atoms with van der Waals surface area (Å²) in [6.07, 6.45) is 2.06. The Morgan fingerprint density at radius 3 is 2.48 bits per heavy atom. The first-order valence-corrected chi connectivity index (χ1v) is 9.39. The maximum absolute atomic E-state index is 13.0. The van der Waals surface area contributed by atoms with E-state index in [4.69, 9.17) is 18.9 Å². The van der Waals surface area contributed by atoms with Gasteiger partial charge in [0.1, 0.15) is 22.9 Å². The van der Waals surface area contributed by atoms with Crippen LogP contribution in [0.5, 0.6) is 0 Å². The molecule has 0 radical (unpaired) electrons. The molecule has 27 heavy (non-hydrogen) atoms. The van der Waals surface area contributed by atoms with Crippen molar-refractivity contribution in [3.05, 3.63) is 23.5 Å². The number of epoxide rings is 1. The lowest BCUT2D eigenvalue weighted by Crippen LogP contribution is -2.58.